The van der Waals surface area contributed by atoms with Gasteiger partial charge in [-0.15, -0.1) is 0 Å². The maximum atomic E-state index is 11.5. The quantitative estimate of drug-likeness (QED) is 0.556. The lowest BCUT2D eigenvalue weighted by molar-refractivity contribution is -0.144. The molecular formula is C12H20N2O6S. The molecule has 0 saturated carbocycles. The second-order valence-corrected chi connectivity index (χ2v) is 5.16. The molecule has 0 aromatic rings. The zero-order valence-electron chi connectivity index (χ0n) is 12.4. The summed E-state index contributed by atoms with van der Waals surface area (Å²) in [5.74, 6) is -1.47. The summed E-state index contributed by atoms with van der Waals surface area (Å²) in [7, 11) is 2.44. The fraction of sp³-hybridized carbons (Fsp3) is 0.667. The van der Waals surface area contributed by atoms with Crippen molar-refractivity contribution >= 4 is 35.5 Å². The molecule has 0 aliphatic rings. The Morgan fingerprint density at radius 3 is 1.43 bits per heavy atom. The number of carbonyl (C=O) groups excluding carboxylic acids is 4. The van der Waals surface area contributed by atoms with Crippen LogP contribution in [0.1, 0.15) is 13.8 Å². The van der Waals surface area contributed by atoms with E-state index in [0.29, 0.717) is 0 Å². The Hall–Kier alpha value is -1.77. The van der Waals surface area contributed by atoms with Crippen LogP contribution in [0.2, 0.25) is 0 Å². The fourth-order valence-electron chi connectivity index (χ4n) is 1.42. The maximum absolute atomic E-state index is 11.5. The number of ether oxygens (including phenoxy) is 2. The van der Waals surface area contributed by atoms with E-state index in [1.807, 2.05) is 0 Å². The average Bonchev–Trinajstić information content (AvgIpc) is 2.42. The molecule has 120 valence electrons. The number of thioether (sulfide) groups is 1. The highest BCUT2D eigenvalue weighted by Crippen LogP contribution is 2.08. The van der Waals surface area contributed by atoms with Gasteiger partial charge in [-0.3, -0.25) is 9.59 Å². The molecule has 2 unspecified atom stereocenters. The van der Waals surface area contributed by atoms with Crippen LogP contribution in [0.3, 0.4) is 0 Å². The zero-order valence-corrected chi connectivity index (χ0v) is 13.2. The Bertz CT molecular complexity index is 365. The molecule has 0 saturated heterocycles. The molecule has 0 aromatic heterocycles. The number of carbonyl (C=O) groups is 4. The first-order valence-electron chi connectivity index (χ1n) is 6.09. The van der Waals surface area contributed by atoms with Crippen LogP contribution in [0, 0.1) is 0 Å². The topological polar surface area (TPSA) is 111 Å². The largest absolute Gasteiger partial charge is 0.467 e. The molecular weight excluding hydrogens is 300 g/mol. The molecule has 0 heterocycles. The lowest BCUT2D eigenvalue weighted by Crippen LogP contribution is -2.44. The van der Waals surface area contributed by atoms with Gasteiger partial charge in [0, 0.05) is 25.4 Å². The van der Waals surface area contributed by atoms with Gasteiger partial charge in [0.1, 0.15) is 12.1 Å². The highest BCUT2D eigenvalue weighted by atomic mass is 32.2. The molecule has 8 nitrogen and oxygen atoms in total. The summed E-state index contributed by atoms with van der Waals surface area (Å²) in [5, 5.41) is 4.90. The van der Waals surface area contributed by atoms with Crippen molar-refractivity contribution in [2.75, 3.05) is 25.7 Å². The minimum Gasteiger partial charge on any atom is -0.467 e. The van der Waals surface area contributed by atoms with Crippen molar-refractivity contribution in [1.29, 1.82) is 0 Å². The molecule has 0 aliphatic heterocycles. The highest BCUT2D eigenvalue weighted by molar-refractivity contribution is 7.99. The Morgan fingerprint density at radius 1 is 0.857 bits per heavy atom. The van der Waals surface area contributed by atoms with E-state index in [9.17, 15) is 19.2 Å². The second-order valence-electron chi connectivity index (χ2n) is 4.09. The third-order valence-corrected chi connectivity index (χ3v) is 3.43. The predicted octanol–water partition coefficient (Wildman–Crippen LogP) is -0.925. The second kappa shape index (κ2) is 10.0. The Balaban J connectivity index is 4.49. The van der Waals surface area contributed by atoms with Crippen LogP contribution in [-0.2, 0) is 28.7 Å². The van der Waals surface area contributed by atoms with E-state index in [1.165, 1.54) is 39.8 Å². The minimum atomic E-state index is -0.812. The van der Waals surface area contributed by atoms with E-state index in [0.717, 1.165) is 0 Å². The normalized spacial score (nSPS) is 12.8. The van der Waals surface area contributed by atoms with Crippen molar-refractivity contribution in [3.05, 3.63) is 0 Å². The lowest BCUT2D eigenvalue weighted by Gasteiger charge is -2.18. The molecule has 0 radical (unpaired) electrons. The monoisotopic (exact) mass is 320 g/mol. The third-order valence-electron chi connectivity index (χ3n) is 2.30. The number of rotatable bonds is 8. The molecule has 0 rings (SSSR count). The Morgan fingerprint density at radius 2 is 1.19 bits per heavy atom. The molecule has 21 heavy (non-hydrogen) atoms. The summed E-state index contributed by atoms with van der Waals surface area (Å²) in [5.41, 5.74) is 0. The summed E-state index contributed by atoms with van der Waals surface area (Å²) in [6, 6.07) is -1.62. The van der Waals surface area contributed by atoms with E-state index < -0.39 is 24.0 Å². The summed E-state index contributed by atoms with van der Waals surface area (Å²) in [4.78, 5) is 45.0. The molecule has 0 spiro atoms. The highest BCUT2D eigenvalue weighted by Gasteiger charge is 2.24. The molecule has 0 aliphatic carbocycles. The van der Waals surface area contributed by atoms with Crippen LogP contribution in [0.25, 0.3) is 0 Å². The molecule has 0 fully saturated rings. The van der Waals surface area contributed by atoms with Crippen LogP contribution in [0.4, 0.5) is 0 Å². The summed E-state index contributed by atoms with van der Waals surface area (Å²) < 4.78 is 9.15. The molecule has 2 N–H and O–H groups in total. The van der Waals surface area contributed by atoms with Crippen molar-refractivity contribution in [2.45, 2.75) is 25.9 Å². The van der Waals surface area contributed by atoms with Crippen molar-refractivity contribution < 1.29 is 28.7 Å². The minimum absolute atomic E-state index is 0.208. The van der Waals surface area contributed by atoms with Crippen LogP contribution in [0.5, 0.6) is 0 Å². The van der Waals surface area contributed by atoms with Gasteiger partial charge in [-0.05, 0) is 0 Å². The maximum Gasteiger partial charge on any atom is 0.329 e. The van der Waals surface area contributed by atoms with E-state index in [4.69, 9.17) is 0 Å². The SMILES string of the molecule is COC(=O)C(CSCC(NC(C)=O)C(=O)OC)NC(C)=O. The van der Waals surface area contributed by atoms with Gasteiger partial charge in [-0.2, -0.15) is 11.8 Å². The smallest absolute Gasteiger partial charge is 0.329 e. The first-order chi connectivity index (χ1) is 9.81. The van der Waals surface area contributed by atoms with Crippen molar-refractivity contribution in [3.63, 3.8) is 0 Å². The average molecular weight is 320 g/mol. The van der Waals surface area contributed by atoms with E-state index in [2.05, 4.69) is 20.1 Å². The molecule has 2 amide bonds. The summed E-state index contributed by atoms with van der Waals surface area (Å²) in [6.45, 7) is 2.57. The fourth-order valence-corrected chi connectivity index (χ4v) is 2.46. The van der Waals surface area contributed by atoms with Gasteiger partial charge in [0.2, 0.25) is 11.8 Å². The van der Waals surface area contributed by atoms with E-state index >= 15 is 0 Å². The van der Waals surface area contributed by atoms with Gasteiger partial charge >= 0.3 is 11.9 Å². The van der Waals surface area contributed by atoms with Crippen LogP contribution < -0.4 is 10.6 Å². The van der Waals surface area contributed by atoms with Crippen molar-refractivity contribution in [3.8, 4) is 0 Å². The van der Waals surface area contributed by atoms with Gasteiger partial charge in [-0.1, -0.05) is 0 Å². The number of hydrogen-bond acceptors (Lipinski definition) is 7. The molecule has 2 atom stereocenters. The van der Waals surface area contributed by atoms with E-state index in [1.54, 1.807) is 0 Å². The molecule has 9 heteroatoms. The molecule has 0 aromatic carbocycles. The predicted molar refractivity (Wildman–Crippen MR) is 76.6 cm³/mol. The van der Waals surface area contributed by atoms with E-state index in [-0.39, 0.29) is 23.3 Å². The van der Waals surface area contributed by atoms with Gasteiger partial charge in [0.15, 0.2) is 0 Å². The van der Waals surface area contributed by atoms with Crippen molar-refractivity contribution in [1.82, 2.24) is 10.6 Å². The first kappa shape index (κ1) is 19.2. The lowest BCUT2D eigenvalue weighted by atomic mass is 10.3. The van der Waals surface area contributed by atoms with Gasteiger partial charge < -0.3 is 20.1 Å². The summed E-state index contributed by atoms with van der Waals surface area (Å²) >= 11 is 1.21. The van der Waals surface area contributed by atoms with Crippen LogP contribution >= 0.6 is 11.8 Å². The van der Waals surface area contributed by atoms with Crippen LogP contribution in [-0.4, -0.2) is 61.6 Å². The first-order valence-corrected chi connectivity index (χ1v) is 7.24. The Kier molecular flexibility index (Phi) is 9.18. The van der Waals surface area contributed by atoms with Gasteiger partial charge in [0.05, 0.1) is 14.2 Å². The number of amides is 2. The number of hydrogen-bond donors (Lipinski definition) is 2. The van der Waals surface area contributed by atoms with Gasteiger partial charge in [0.25, 0.3) is 0 Å². The summed E-state index contributed by atoms with van der Waals surface area (Å²) in [6.07, 6.45) is 0. The molecule has 0 bridgehead atoms. The van der Waals surface area contributed by atoms with Crippen LogP contribution in [0.15, 0.2) is 0 Å². The number of methoxy groups -OCH3 is 2. The Labute approximate surface area is 127 Å². The number of nitrogens with one attached hydrogen (secondary N) is 2. The third kappa shape index (κ3) is 8.18. The van der Waals surface area contributed by atoms with Crippen molar-refractivity contribution in [2.24, 2.45) is 0 Å². The standard InChI is InChI=1S/C12H20N2O6S/c1-7(15)13-9(11(17)19-3)5-21-6-10(12(18)20-4)14-8(2)16/h9-10H,5-6H2,1-4H3,(H,13,15)(H,14,16). The number of esters is 2. The zero-order chi connectivity index (χ0) is 16.4. The van der Waals surface area contributed by atoms with Gasteiger partial charge in [-0.25, -0.2) is 9.59 Å².